The molecule has 2 nitrogen and oxygen atoms in total. The highest BCUT2D eigenvalue weighted by atomic mass is 32.1. The van der Waals surface area contributed by atoms with Gasteiger partial charge in [-0.3, -0.25) is 0 Å². The van der Waals surface area contributed by atoms with Gasteiger partial charge in [-0.1, -0.05) is 53.4 Å². The molecule has 2 aromatic rings. The van der Waals surface area contributed by atoms with Crippen LogP contribution in [0.5, 0.6) is 0 Å². The fourth-order valence-corrected chi connectivity index (χ4v) is 6.97. The van der Waals surface area contributed by atoms with Crippen molar-refractivity contribution < 1.29 is 0 Å². The Hall–Kier alpha value is -1.88. The molecule has 0 saturated carbocycles. The van der Waals surface area contributed by atoms with E-state index in [1.54, 1.807) is 0 Å². The third kappa shape index (κ3) is 4.88. The largest absolute Gasteiger partial charge is 0.192 e. The first kappa shape index (κ1) is 24.4. The van der Waals surface area contributed by atoms with Crippen LogP contribution in [0.2, 0.25) is 0 Å². The van der Waals surface area contributed by atoms with Crippen molar-refractivity contribution in [1.29, 1.82) is 10.5 Å². The summed E-state index contributed by atoms with van der Waals surface area (Å²) in [5, 5.41) is 20.5. The molecule has 0 N–H and O–H groups in total. The molecule has 0 amide bonds. The summed E-state index contributed by atoms with van der Waals surface area (Å²) >= 11 is 3.62. The number of aryl methyl sites for hydroxylation is 4. The van der Waals surface area contributed by atoms with Crippen molar-refractivity contribution in [2.75, 3.05) is 0 Å². The van der Waals surface area contributed by atoms with Crippen LogP contribution in [-0.4, -0.2) is 0 Å². The fraction of sp³-hybridized carbons (Fsp3) is 0.538. The molecule has 0 atom stereocenters. The number of allylic oxidation sites excluding steroid dienone is 2. The molecule has 0 bridgehead atoms. The van der Waals surface area contributed by atoms with Crippen LogP contribution in [0.25, 0.3) is 11.1 Å². The van der Waals surface area contributed by atoms with Gasteiger partial charge in [0.25, 0.3) is 0 Å². The van der Waals surface area contributed by atoms with Crippen LogP contribution in [0.1, 0.15) is 95.1 Å². The zero-order chi connectivity index (χ0) is 22.3. The van der Waals surface area contributed by atoms with E-state index in [4.69, 9.17) is 0 Å². The molecule has 0 aliphatic rings. The molecule has 0 spiro atoms. The lowest BCUT2D eigenvalue weighted by Gasteiger charge is -2.11. The topological polar surface area (TPSA) is 47.6 Å². The Morgan fingerprint density at radius 1 is 0.633 bits per heavy atom. The van der Waals surface area contributed by atoms with Crippen molar-refractivity contribution in [3.05, 3.63) is 41.8 Å². The average Bonchev–Trinajstić information content (AvgIpc) is 3.18. The third-order valence-electron chi connectivity index (χ3n) is 5.46. The summed E-state index contributed by atoms with van der Waals surface area (Å²) in [5.41, 5.74) is 5.83. The van der Waals surface area contributed by atoms with Gasteiger partial charge in [-0.05, 0) is 50.7 Å². The van der Waals surface area contributed by atoms with Gasteiger partial charge in [0.1, 0.15) is 12.1 Å². The number of nitrogens with zero attached hydrogens (tertiary/aromatic N) is 2. The summed E-state index contributed by atoms with van der Waals surface area (Å²) in [5.74, 6) is 0. The molecule has 0 unspecified atom stereocenters. The average molecular weight is 439 g/mol. The highest BCUT2D eigenvalue weighted by Crippen LogP contribution is 2.42. The molecule has 2 rings (SSSR count). The summed E-state index contributed by atoms with van der Waals surface area (Å²) in [7, 11) is 0. The second-order valence-corrected chi connectivity index (χ2v) is 10.5. The number of rotatable bonds is 10. The van der Waals surface area contributed by atoms with E-state index in [-0.39, 0.29) is 0 Å². The monoisotopic (exact) mass is 438 g/mol. The van der Waals surface area contributed by atoms with Gasteiger partial charge < -0.3 is 0 Å². The van der Waals surface area contributed by atoms with Crippen LogP contribution >= 0.6 is 22.7 Å². The van der Waals surface area contributed by atoms with Crippen molar-refractivity contribution in [3.8, 4) is 12.1 Å². The van der Waals surface area contributed by atoms with Crippen LogP contribution in [0.15, 0.2) is 0 Å². The van der Waals surface area contributed by atoms with Gasteiger partial charge >= 0.3 is 0 Å². The molecular formula is C26H34N2S2. The van der Waals surface area contributed by atoms with Gasteiger partial charge in [0.2, 0.25) is 0 Å². The SMILES string of the molecule is CCCc1sc(C)c(/C(C#N)=C(/C#N)c2c(C)sc(CCC)c2CCC)c1CCC. The second-order valence-electron chi connectivity index (χ2n) is 7.84. The maximum Gasteiger partial charge on any atom is 0.101 e. The Labute approximate surface area is 190 Å². The van der Waals surface area contributed by atoms with Crippen LogP contribution in [-0.2, 0) is 25.7 Å². The molecule has 30 heavy (non-hydrogen) atoms. The molecule has 2 aromatic heterocycles. The maximum absolute atomic E-state index is 10.3. The molecule has 2 heterocycles. The Morgan fingerprint density at radius 2 is 0.967 bits per heavy atom. The minimum atomic E-state index is 0.582. The van der Waals surface area contributed by atoms with E-state index in [2.05, 4.69) is 53.7 Å². The Kier molecular flexibility index (Phi) is 9.35. The van der Waals surface area contributed by atoms with Gasteiger partial charge in [-0.15, -0.1) is 22.7 Å². The van der Waals surface area contributed by atoms with E-state index in [1.165, 1.54) is 30.6 Å². The molecule has 0 aliphatic heterocycles. The van der Waals surface area contributed by atoms with E-state index in [1.807, 2.05) is 22.7 Å². The summed E-state index contributed by atoms with van der Waals surface area (Å²) in [4.78, 5) is 5.12. The lowest BCUT2D eigenvalue weighted by molar-refractivity contribution is 0.875. The molecule has 4 heteroatoms. The van der Waals surface area contributed by atoms with Gasteiger partial charge in [0.05, 0.1) is 11.1 Å². The van der Waals surface area contributed by atoms with E-state index in [0.29, 0.717) is 11.1 Å². The quantitative estimate of drug-likeness (QED) is 0.351. The summed E-state index contributed by atoms with van der Waals surface area (Å²) < 4.78 is 0. The molecule has 0 fully saturated rings. The van der Waals surface area contributed by atoms with Crippen molar-refractivity contribution >= 4 is 33.8 Å². The van der Waals surface area contributed by atoms with Crippen LogP contribution in [0.4, 0.5) is 0 Å². The minimum absolute atomic E-state index is 0.582. The van der Waals surface area contributed by atoms with Crippen molar-refractivity contribution in [2.24, 2.45) is 0 Å². The number of nitriles is 2. The van der Waals surface area contributed by atoms with Crippen LogP contribution in [0, 0.1) is 36.5 Å². The lowest BCUT2D eigenvalue weighted by atomic mass is 9.88. The molecule has 0 aliphatic carbocycles. The zero-order valence-electron chi connectivity index (χ0n) is 19.4. The van der Waals surface area contributed by atoms with Gasteiger partial charge in [0.15, 0.2) is 0 Å². The smallest absolute Gasteiger partial charge is 0.101 e. The second kappa shape index (κ2) is 11.5. The lowest BCUT2D eigenvalue weighted by Crippen LogP contribution is -1.99. The standard InChI is InChI=1S/C26H34N2S2/c1-7-11-19-23(13-9-3)29-17(5)25(19)21(15-27)22(16-28)26-18(6)30-24(14-10-4)20(26)12-8-2/h7-14H2,1-6H3/b22-21-. The highest BCUT2D eigenvalue weighted by molar-refractivity contribution is 7.12. The van der Waals surface area contributed by atoms with Gasteiger partial charge in [-0.2, -0.15) is 10.5 Å². The predicted molar refractivity (Wildman–Crippen MR) is 132 cm³/mol. The molecule has 0 saturated heterocycles. The maximum atomic E-state index is 10.3. The molecule has 0 radical (unpaired) electrons. The summed E-state index contributed by atoms with van der Waals surface area (Å²) in [6.07, 6.45) is 8.28. The first-order valence-electron chi connectivity index (χ1n) is 11.3. The third-order valence-corrected chi connectivity index (χ3v) is 7.88. The van der Waals surface area contributed by atoms with Crippen molar-refractivity contribution in [1.82, 2.24) is 0 Å². The fourth-order valence-electron chi connectivity index (χ4n) is 4.31. The number of hydrogen-bond donors (Lipinski definition) is 0. The van der Waals surface area contributed by atoms with Crippen LogP contribution < -0.4 is 0 Å². The Balaban J connectivity index is 2.85. The molecular weight excluding hydrogens is 404 g/mol. The number of hydrogen-bond acceptors (Lipinski definition) is 4. The van der Waals surface area contributed by atoms with Crippen molar-refractivity contribution in [3.63, 3.8) is 0 Å². The normalized spacial score (nSPS) is 11.9. The Morgan fingerprint density at radius 3 is 1.23 bits per heavy atom. The zero-order valence-corrected chi connectivity index (χ0v) is 21.0. The van der Waals surface area contributed by atoms with E-state index >= 15 is 0 Å². The van der Waals surface area contributed by atoms with Crippen LogP contribution in [0.3, 0.4) is 0 Å². The van der Waals surface area contributed by atoms with E-state index in [9.17, 15) is 10.5 Å². The minimum Gasteiger partial charge on any atom is -0.192 e. The number of thiophene rings is 2. The van der Waals surface area contributed by atoms with E-state index in [0.717, 1.165) is 62.5 Å². The first-order valence-corrected chi connectivity index (χ1v) is 12.9. The Bertz CT molecular complexity index is 910. The summed E-state index contributed by atoms with van der Waals surface area (Å²) in [6, 6.07) is 4.94. The molecule has 160 valence electrons. The highest BCUT2D eigenvalue weighted by Gasteiger charge is 2.25. The predicted octanol–water partition coefficient (Wildman–Crippen LogP) is 8.19. The van der Waals surface area contributed by atoms with Gasteiger partial charge in [0, 0.05) is 30.6 Å². The molecule has 0 aromatic carbocycles. The summed E-state index contributed by atoms with van der Waals surface area (Å²) in [6.45, 7) is 13.0. The van der Waals surface area contributed by atoms with E-state index < -0.39 is 0 Å². The van der Waals surface area contributed by atoms with Gasteiger partial charge in [-0.25, -0.2) is 0 Å². The first-order chi connectivity index (χ1) is 14.5. The van der Waals surface area contributed by atoms with Crippen molar-refractivity contribution in [2.45, 2.75) is 92.9 Å².